The fraction of sp³-hybridized carbons (Fsp3) is 0.438. The molecule has 1 aromatic carbocycles. The van der Waals surface area contributed by atoms with E-state index in [1.54, 1.807) is 11.3 Å². The molecule has 1 aliphatic carbocycles. The minimum absolute atomic E-state index is 0.0829. The van der Waals surface area contributed by atoms with Crippen molar-refractivity contribution in [3.63, 3.8) is 0 Å². The molecule has 1 aromatic heterocycles. The topological polar surface area (TPSA) is 34.1 Å². The van der Waals surface area contributed by atoms with Crippen LogP contribution < -0.4 is 5.32 Å². The lowest BCUT2D eigenvalue weighted by atomic mass is 9.80. The van der Waals surface area contributed by atoms with Crippen LogP contribution in [0.5, 0.6) is 0 Å². The molecule has 1 fully saturated rings. The van der Waals surface area contributed by atoms with E-state index in [1.807, 2.05) is 25.3 Å². The number of thiazole rings is 1. The first-order valence-corrected chi connectivity index (χ1v) is 7.95. The summed E-state index contributed by atoms with van der Waals surface area (Å²) in [5, 5.41) is 6.74. The molecule has 4 heteroatoms. The van der Waals surface area contributed by atoms with Crippen LogP contribution in [0.4, 0.5) is 0 Å². The van der Waals surface area contributed by atoms with Gasteiger partial charge in [-0.1, -0.05) is 30.3 Å². The Kier molecular flexibility index (Phi) is 4.15. The van der Waals surface area contributed by atoms with Crippen molar-refractivity contribution in [2.75, 3.05) is 13.7 Å². The van der Waals surface area contributed by atoms with Crippen LogP contribution in [0.25, 0.3) is 11.3 Å². The van der Waals surface area contributed by atoms with Crippen molar-refractivity contribution in [1.82, 2.24) is 10.3 Å². The molecular weight excluding hydrogens is 268 g/mol. The number of rotatable bonds is 6. The van der Waals surface area contributed by atoms with Gasteiger partial charge in [0.05, 0.1) is 11.3 Å². The maximum atomic E-state index is 5.61. The zero-order valence-corrected chi connectivity index (χ0v) is 12.6. The maximum Gasteiger partial charge on any atom is 0.107 e. The number of ether oxygens (including phenoxy) is 1. The van der Waals surface area contributed by atoms with E-state index in [9.17, 15) is 0 Å². The van der Waals surface area contributed by atoms with Crippen molar-refractivity contribution < 1.29 is 4.74 Å². The Morgan fingerprint density at radius 2 is 2.10 bits per heavy atom. The second-order valence-corrected chi connectivity index (χ2v) is 6.28. The summed E-state index contributed by atoms with van der Waals surface area (Å²) in [6.45, 7) is 1.74. The van der Waals surface area contributed by atoms with Gasteiger partial charge in [-0.3, -0.25) is 0 Å². The first-order valence-electron chi connectivity index (χ1n) is 7.07. The Hall–Kier alpha value is -1.23. The highest BCUT2D eigenvalue weighted by Crippen LogP contribution is 2.34. The number of hydrogen-bond donors (Lipinski definition) is 1. The van der Waals surface area contributed by atoms with Crippen molar-refractivity contribution in [3.8, 4) is 11.3 Å². The SMILES string of the molecule is COC1(CNCc2nc(-c3ccccc3)cs2)CCC1. The summed E-state index contributed by atoms with van der Waals surface area (Å²) in [5.41, 5.74) is 2.33. The minimum Gasteiger partial charge on any atom is -0.377 e. The highest BCUT2D eigenvalue weighted by molar-refractivity contribution is 7.09. The van der Waals surface area contributed by atoms with Gasteiger partial charge in [0.2, 0.25) is 0 Å². The van der Waals surface area contributed by atoms with Crippen LogP contribution >= 0.6 is 11.3 Å². The molecule has 0 amide bonds. The summed E-state index contributed by atoms with van der Waals surface area (Å²) >= 11 is 1.71. The molecule has 0 radical (unpaired) electrons. The monoisotopic (exact) mass is 288 g/mol. The molecule has 2 aromatic rings. The lowest BCUT2D eigenvalue weighted by Crippen LogP contribution is -2.47. The number of methoxy groups -OCH3 is 1. The van der Waals surface area contributed by atoms with Gasteiger partial charge in [-0.25, -0.2) is 4.98 Å². The van der Waals surface area contributed by atoms with Crippen LogP contribution in [0, 0.1) is 0 Å². The number of benzene rings is 1. The van der Waals surface area contributed by atoms with Gasteiger partial charge in [-0.15, -0.1) is 11.3 Å². The van der Waals surface area contributed by atoms with Crippen LogP contribution in [0.3, 0.4) is 0 Å². The zero-order chi connectivity index (χ0) is 13.8. The second kappa shape index (κ2) is 6.04. The van der Waals surface area contributed by atoms with Gasteiger partial charge < -0.3 is 10.1 Å². The Labute approximate surface area is 124 Å². The molecule has 0 spiro atoms. The molecule has 0 bridgehead atoms. The minimum atomic E-state index is 0.0829. The molecule has 0 aliphatic heterocycles. The first kappa shape index (κ1) is 13.7. The quantitative estimate of drug-likeness (QED) is 0.884. The fourth-order valence-corrected chi connectivity index (χ4v) is 3.33. The zero-order valence-electron chi connectivity index (χ0n) is 11.8. The Morgan fingerprint density at radius 1 is 1.30 bits per heavy atom. The number of nitrogens with zero attached hydrogens (tertiary/aromatic N) is 1. The normalized spacial score (nSPS) is 16.9. The molecule has 1 heterocycles. The molecule has 20 heavy (non-hydrogen) atoms. The largest absolute Gasteiger partial charge is 0.377 e. The smallest absolute Gasteiger partial charge is 0.107 e. The lowest BCUT2D eigenvalue weighted by Gasteiger charge is -2.40. The Balaban J connectivity index is 1.55. The highest BCUT2D eigenvalue weighted by Gasteiger charge is 2.36. The van der Waals surface area contributed by atoms with E-state index in [4.69, 9.17) is 4.74 Å². The average molecular weight is 288 g/mol. The summed E-state index contributed by atoms with van der Waals surface area (Å²) in [5.74, 6) is 0. The van der Waals surface area contributed by atoms with Gasteiger partial charge in [0, 0.05) is 31.1 Å². The highest BCUT2D eigenvalue weighted by atomic mass is 32.1. The third kappa shape index (κ3) is 2.92. The first-order chi connectivity index (χ1) is 9.81. The Morgan fingerprint density at radius 3 is 2.75 bits per heavy atom. The summed E-state index contributed by atoms with van der Waals surface area (Å²) in [6.07, 6.45) is 3.62. The van der Waals surface area contributed by atoms with E-state index in [0.29, 0.717) is 0 Å². The fourth-order valence-electron chi connectivity index (χ4n) is 2.56. The van der Waals surface area contributed by atoms with Crippen LogP contribution in [-0.4, -0.2) is 24.2 Å². The standard InChI is InChI=1S/C16H20N2OS/c1-19-16(8-5-9-16)12-17-10-15-18-14(11-20-15)13-6-3-2-4-7-13/h2-4,6-7,11,17H,5,8-10,12H2,1H3. The maximum absolute atomic E-state index is 5.61. The van der Waals surface area contributed by atoms with Gasteiger partial charge >= 0.3 is 0 Å². The predicted octanol–water partition coefficient (Wildman–Crippen LogP) is 3.47. The van der Waals surface area contributed by atoms with Crippen molar-refractivity contribution in [2.24, 2.45) is 0 Å². The van der Waals surface area contributed by atoms with E-state index < -0.39 is 0 Å². The van der Waals surface area contributed by atoms with Crippen LogP contribution in [0.2, 0.25) is 0 Å². The van der Waals surface area contributed by atoms with Crippen molar-refractivity contribution in [3.05, 3.63) is 40.7 Å². The molecule has 106 valence electrons. The second-order valence-electron chi connectivity index (χ2n) is 5.34. The van der Waals surface area contributed by atoms with Crippen molar-refractivity contribution in [1.29, 1.82) is 0 Å². The number of hydrogen-bond acceptors (Lipinski definition) is 4. The van der Waals surface area contributed by atoms with Crippen LogP contribution in [0.1, 0.15) is 24.3 Å². The van der Waals surface area contributed by atoms with Crippen LogP contribution in [-0.2, 0) is 11.3 Å². The van der Waals surface area contributed by atoms with E-state index in [0.717, 1.165) is 23.8 Å². The predicted molar refractivity (Wildman–Crippen MR) is 82.8 cm³/mol. The third-order valence-electron chi connectivity index (χ3n) is 4.04. The van der Waals surface area contributed by atoms with Crippen LogP contribution in [0.15, 0.2) is 35.7 Å². The molecule has 1 aliphatic rings. The van der Waals surface area contributed by atoms with E-state index >= 15 is 0 Å². The molecule has 3 nitrogen and oxygen atoms in total. The van der Waals surface area contributed by atoms with Crippen molar-refractivity contribution >= 4 is 11.3 Å². The van der Waals surface area contributed by atoms with Gasteiger partial charge in [0.1, 0.15) is 5.01 Å². The van der Waals surface area contributed by atoms with Crippen molar-refractivity contribution in [2.45, 2.75) is 31.4 Å². The number of aromatic nitrogens is 1. The lowest BCUT2D eigenvalue weighted by molar-refractivity contribution is -0.0695. The van der Waals surface area contributed by atoms with Gasteiger partial charge in [0.15, 0.2) is 0 Å². The molecule has 1 N–H and O–H groups in total. The summed E-state index contributed by atoms with van der Waals surface area (Å²) < 4.78 is 5.61. The summed E-state index contributed by atoms with van der Waals surface area (Å²) in [6, 6.07) is 10.3. The summed E-state index contributed by atoms with van der Waals surface area (Å²) in [7, 11) is 1.82. The van der Waals surface area contributed by atoms with E-state index in [-0.39, 0.29) is 5.60 Å². The average Bonchev–Trinajstić information content (AvgIpc) is 2.92. The van der Waals surface area contributed by atoms with Gasteiger partial charge in [0.25, 0.3) is 0 Å². The molecule has 3 rings (SSSR count). The molecule has 0 unspecified atom stereocenters. The Bertz CT molecular complexity index is 543. The molecule has 0 atom stereocenters. The van der Waals surface area contributed by atoms with Gasteiger partial charge in [-0.05, 0) is 19.3 Å². The van der Waals surface area contributed by atoms with E-state index in [1.165, 1.54) is 24.8 Å². The van der Waals surface area contributed by atoms with Gasteiger partial charge in [-0.2, -0.15) is 0 Å². The third-order valence-corrected chi connectivity index (χ3v) is 4.89. The van der Waals surface area contributed by atoms with E-state index in [2.05, 4.69) is 27.8 Å². The molecule has 0 saturated heterocycles. The number of nitrogens with one attached hydrogen (secondary N) is 1. The molecular formula is C16H20N2OS. The molecule has 1 saturated carbocycles. The summed E-state index contributed by atoms with van der Waals surface area (Å²) in [4.78, 5) is 4.68.